The van der Waals surface area contributed by atoms with Gasteiger partial charge in [0.25, 0.3) is 5.91 Å². The summed E-state index contributed by atoms with van der Waals surface area (Å²) in [6, 6.07) is 13.0. The van der Waals surface area contributed by atoms with Crippen molar-refractivity contribution >= 4 is 16.9 Å². The third kappa shape index (κ3) is 3.24. The van der Waals surface area contributed by atoms with Gasteiger partial charge in [-0.3, -0.25) is 9.36 Å². The summed E-state index contributed by atoms with van der Waals surface area (Å²) in [5.74, 6) is 1.12. The van der Waals surface area contributed by atoms with Crippen LogP contribution in [0.3, 0.4) is 0 Å². The lowest BCUT2D eigenvalue weighted by molar-refractivity contribution is 0.0694. The molecule has 1 aromatic heterocycles. The van der Waals surface area contributed by atoms with Crippen LogP contribution < -0.4 is 15.2 Å². The number of hydrogen-bond donors (Lipinski definition) is 1. The number of rotatable bonds is 4. The molecule has 0 bridgehead atoms. The van der Waals surface area contributed by atoms with E-state index in [4.69, 9.17) is 9.47 Å². The number of fused-ring (bicyclic) bond motifs is 1. The maximum absolute atomic E-state index is 12.9. The molecule has 4 rings (SSSR count). The van der Waals surface area contributed by atoms with Crippen molar-refractivity contribution in [2.45, 2.75) is 18.9 Å². The Hall–Kier alpha value is -3.22. The number of amides is 1. The molecule has 0 spiro atoms. The summed E-state index contributed by atoms with van der Waals surface area (Å²) >= 11 is 0. The van der Waals surface area contributed by atoms with Gasteiger partial charge in [0.15, 0.2) is 0 Å². The van der Waals surface area contributed by atoms with Gasteiger partial charge in [-0.1, -0.05) is 12.1 Å². The van der Waals surface area contributed by atoms with Crippen molar-refractivity contribution in [3.8, 4) is 11.5 Å². The number of nitrogens with one attached hydrogen (secondary N) is 1. The highest BCUT2D eigenvalue weighted by molar-refractivity contribution is 5.95. The zero-order valence-corrected chi connectivity index (χ0v) is 16.0. The number of para-hydroxylation sites is 2. The Bertz CT molecular complexity index is 1040. The van der Waals surface area contributed by atoms with Crippen LogP contribution in [0.25, 0.3) is 11.0 Å². The van der Waals surface area contributed by atoms with E-state index in [1.165, 1.54) is 0 Å². The number of nitrogens with zero attached hydrogens (tertiary/aromatic N) is 2. The predicted octanol–water partition coefficient (Wildman–Crippen LogP) is 2.82. The molecule has 0 aliphatic carbocycles. The van der Waals surface area contributed by atoms with Crippen LogP contribution in [0.2, 0.25) is 0 Å². The monoisotopic (exact) mass is 381 g/mol. The number of benzene rings is 2. The van der Waals surface area contributed by atoms with Gasteiger partial charge >= 0.3 is 5.69 Å². The summed E-state index contributed by atoms with van der Waals surface area (Å²) in [6.45, 7) is 1.18. The molecule has 1 fully saturated rings. The Morgan fingerprint density at radius 3 is 2.32 bits per heavy atom. The molecule has 1 saturated heterocycles. The number of H-pyrrole nitrogens is 1. The molecule has 2 aromatic carbocycles. The molecule has 0 unspecified atom stereocenters. The first-order valence-electron chi connectivity index (χ1n) is 9.32. The molecule has 0 radical (unpaired) electrons. The lowest BCUT2D eigenvalue weighted by Crippen LogP contribution is -2.40. The molecule has 1 N–H and O–H groups in total. The summed E-state index contributed by atoms with van der Waals surface area (Å²) in [5, 5.41) is 0. The second-order valence-electron chi connectivity index (χ2n) is 6.94. The van der Waals surface area contributed by atoms with Gasteiger partial charge in [-0.2, -0.15) is 0 Å². The number of carbonyl (C=O) groups is 1. The van der Waals surface area contributed by atoms with Gasteiger partial charge in [-0.25, -0.2) is 4.79 Å². The average Bonchev–Trinajstić information content (AvgIpc) is 3.08. The fourth-order valence-corrected chi connectivity index (χ4v) is 3.88. The van der Waals surface area contributed by atoms with Gasteiger partial charge in [-0.15, -0.1) is 0 Å². The minimum absolute atomic E-state index is 0.0538. The van der Waals surface area contributed by atoms with E-state index < -0.39 is 0 Å². The minimum Gasteiger partial charge on any atom is -0.497 e. The molecule has 0 atom stereocenters. The summed E-state index contributed by atoms with van der Waals surface area (Å²) in [7, 11) is 3.13. The van der Waals surface area contributed by atoms with Crippen LogP contribution >= 0.6 is 0 Å². The van der Waals surface area contributed by atoms with Gasteiger partial charge in [0.05, 0.1) is 25.3 Å². The summed E-state index contributed by atoms with van der Waals surface area (Å²) < 4.78 is 12.4. The van der Waals surface area contributed by atoms with Crippen molar-refractivity contribution in [3.63, 3.8) is 0 Å². The van der Waals surface area contributed by atoms with E-state index in [2.05, 4.69) is 4.98 Å². The van der Waals surface area contributed by atoms with Crippen LogP contribution in [0.5, 0.6) is 11.5 Å². The molecule has 0 saturated carbocycles. The van der Waals surface area contributed by atoms with Gasteiger partial charge in [0.2, 0.25) is 0 Å². The third-order valence-corrected chi connectivity index (χ3v) is 5.34. The number of ether oxygens (including phenoxy) is 2. The Labute approximate surface area is 162 Å². The molecular formula is C21H23N3O4. The number of carbonyl (C=O) groups excluding carboxylic acids is 1. The summed E-state index contributed by atoms with van der Waals surface area (Å²) in [6.07, 6.45) is 1.46. The molecule has 1 aliphatic heterocycles. The maximum atomic E-state index is 12.9. The molecule has 7 nitrogen and oxygen atoms in total. The van der Waals surface area contributed by atoms with Crippen LogP contribution in [0, 0.1) is 0 Å². The Kier molecular flexibility index (Phi) is 4.81. The molecule has 146 valence electrons. The molecule has 1 aliphatic rings. The van der Waals surface area contributed by atoms with Crippen molar-refractivity contribution in [3.05, 3.63) is 58.5 Å². The number of aromatic amines is 1. The SMILES string of the molecule is COc1cc(OC)cc(C(=O)N2CCC(n3c(=O)[nH]c4ccccc43)CC2)c1. The topological polar surface area (TPSA) is 76.6 Å². The number of methoxy groups -OCH3 is 2. The lowest BCUT2D eigenvalue weighted by atomic mass is 10.0. The molecule has 28 heavy (non-hydrogen) atoms. The second kappa shape index (κ2) is 7.42. The van der Waals surface area contributed by atoms with Crippen molar-refractivity contribution in [2.24, 2.45) is 0 Å². The van der Waals surface area contributed by atoms with Gasteiger partial charge in [-0.05, 0) is 37.1 Å². The van der Waals surface area contributed by atoms with Gasteiger partial charge in [0.1, 0.15) is 11.5 Å². The predicted molar refractivity (Wildman–Crippen MR) is 106 cm³/mol. The molecule has 7 heteroatoms. The maximum Gasteiger partial charge on any atom is 0.326 e. The summed E-state index contributed by atoms with van der Waals surface area (Å²) in [4.78, 5) is 30.1. The van der Waals surface area contributed by atoms with Crippen LogP contribution in [0.4, 0.5) is 0 Å². The molecular weight excluding hydrogens is 358 g/mol. The van der Waals surface area contributed by atoms with Crippen LogP contribution in [-0.4, -0.2) is 47.7 Å². The lowest BCUT2D eigenvalue weighted by Gasteiger charge is -2.32. The standard InChI is InChI=1S/C21H23N3O4/c1-27-16-11-14(12-17(13-16)28-2)20(25)23-9-7-15(8-10-23)24-19-6-4-3-5-18(19)22-21(24)26/h3-6,11-13,15H,7-10H2,1-2H3,(H,22,26). The molecule has 2 heterocycles. The second-order valence-corrected chi connectivity index (χ2v) is 6.94. The highest BCUT2D eigenvalue weighted by Gasteiger charge is 2.27. The summed E-state index contributed by atoms with van der Waals surface area (Å²) in [5.41, 5.74) is 2.20. The van der Waals surface area contributed by atoms with Crippen LogP contribution in [-0.2, 0) is 0 Å². The first-order chi connectivity index (χ1) is 13.6. The van der Waals surface area contributed by atoms with Crippen molar-refractivity contribution in [1.29, 1.82) is 0 Å². The van der Waals surface area contributed by atoms with E-state index in [1.807, 2.05) is 33.7 Å². The third-order valence-electron chi connectivity index (χ3n) is 5.34. The van der Waals surface area contributed by atoms with Crippen molar-refractivity contribution in [2.75, 3.05) is 27.3 Å². The molecule has 1 amide bonds. The van der Waals surface area contributed by atoms with Gasteiger partial charge in [0, 0.05) is 30.8 Å². The number of likely N-dealkylation sites (tertiary alicyclic amines) is 1. The fourth-order valence-electron chi connectivity index (χ4n) is 3.88. The first kappa shape index (κ1) is 18.2. The van der Waals surface area contributed by atoms with E-state index in [1.54, 1.807) is 32.4 Å². The zero-order valence-electron chi connectivity index (χ0n) is 16.0. The van der Waals surface area contributed by atoms with E-state index in [0.717, 1.165) is 23.9 Å². The highest BCUT2D eigenvalue weighted by Crippen LogP contribution is 2.28. The number of imidazole rings is 1. The molecule has 3 aromatic rings. The average molecular weight is 381 g/mol. The number of aromatic nitrogens is 2. The quantitative estimate of drug-likeness (QED) is 0.754. The number of piperidine rings is 1. The Balaban J connectivity index is 1.52. The Morgan fingerprint density at radius 2 is 1.68 bits per heavy atom. The van der Waals surface area contributed by atoms with E-state index >= 15 is 0 Å². The van der Waals surface area contributed by atoms with Crippen LogP contribution in [0.15, 0.2) is 47.3 Å². The highest BCUT2D eigenvalue weighted by atomic mass is 16.5. The van der Waals surface area contributed by atoms with E-state index in [0.29, 0.717) is 30.2 Å². The largest absolute Gasteiger partial charge is 0.497 e. The smallest absolute Gasteiger partial charge is 0.326 e. The van der Waals surface area contributed by atoms with E-state index in [-0.39, 0.29) is 17.6 Å². The Morgan fingerprint density at radius 1 is 1.04 bits per heavy atom. The normalized spacial score (nSPS) is 15.0. The zero-order chi connectivity index (χ0) is 19.7. The number of hydrogen-bond acceptors (Lipinski definition) is 4. The fraction of sp³-hybridized carbons (Fsp3) is 0.333. The minimum atomic E-state index is -0.0940. The van der Waals surface area contributed by atoms with Crippen molar-refractivity contribution in [1.82, 2.24) is 14.5 Å². The van der Waals surface area contributed by atoms with E-state index in [9.17, 15) is 9.59 Å². The van der Waals surface area contributed by atoms with Crippen LogP contribution in [0.1, 0.15) is 29.2 Å². The van der Waals surface area contributed by atoms with Gasteiger partial charge < -0.3 is 19.4 Å². The van der Waals surface area contributed by atoms with Crippen molar-refractivity contribution < 1.29 is 14.3 Å². The first-order valence-corrected chi connectivity index (χ1v) is 9.32.